The first kappa shape index (κ1) is 13.7. The Kier molecular flexibility index (Phi) is 3.66. The first-order chi connectivity index (χ1) is 10.2. The summed E-state index contributed by atoms with van der Waals surface area (Å²) in [5.41, 5.74) is 2.23. The molecular formula is C16H13BrN2O2. The van der Waals surface area contributed by atoms with Gasteiger partial charge in [0.25, 0.3) is 0 Å². The number of rotatable bonds is 3. The number of hydrogen-bond acceptors (Lipinski definition) is 4. The molecule has 0 aliphatic carbocycles. The van der Waals surface area contributed by atoms with Gasteiger partial charge < -0.3 is 14.8 Å². The molecule has 4 nitrogen and oxygen atoms in total. The maximum atomic E-state index is 10.6. The zero-order valence-corrected chi connectivity index (χ0v) is 12.9. The number of hydrogen-bond donors (Lipinski definition) is 2. The van der Waals surface area contributed by atoms with Crippen LogP contribution in [-0.2, 0) is 0 Å². The van der Waals surface area contributed by atoms with Gasteiger partial charge in [0.1, 0.15) is 0 Å². The second-order valence-electron chi connectivity index (χ2n) is 4.49. The van der Waals surface area contributed by atoms with Crippen LogP contribution in [0.4, 0.5) is 5.88 Å². The third-order valence-corrected chi connectivity index (χ3v) is 3.64. The lowest BCUT2D eigenvalue weighted by Crippen LogP contribution is -1.87. The van der Waals surface area contributed by atoms with Crippen molar-refractivity contribution in [1.82, 2.24) is 4.98 Å². The number of aromatic hydroxyl groups is 1. The minimum Gasteiger partial charge on any atom is -0.504 e. The third-order valence-electron chi connectivity index (χ3n) is 3.15. The second-order valence-corrected chi connectivity index (χ2v) is 5.40. The van der Waals surface area contributed by atoms with Crippen LogP contribution >= 0.6 is 15.9 Å². The molecule has 3 aromatic rings. The summed E-state index contributed by atoms with van der Waals surface area (Å²) in [5, 5.41) is 13.5. The standard InChI is InChI=1S/C16H13BrN2O2/c1-18-16-13(10-4-2-6-12(17)8-10)14(20)15(21-16)11-5-3-7-19-9-11/h2-9,18,20H,1H3. The van der Waals surface area contributed by atoms with Gasteiger partial charge in [0.2, 0.25) is 5.88 Å². The highest BCUT2D eigenvalue weighted by molar-refractivity contribution is 9.10. The maximum absolute atomic E-state index is 10.6. The number of nitrogens with zero attached hydrogens (tertiary/aromatic N) is 1. The molecule has 3 rings (SSSR count). The molecule has 0 saturated heterocycles. The van der Waals surface area contributed by atoms with Crippen molar-refractivity contribution in [3.8, 4) is 28.2 Å². The molecular weight excluding hydrogens is 332 g/mol. The highest BCUT2D eigenvalue weighted by Crippen LogP contribution is 2.46. The van der Waals surface area contributed by atoms with Crippen molar-refractivity contribution < 1.29 is 9.52 Å². The Morgan fingerprint density at radius 1 is 1.19 bits per heavy atom. The SMILES string of the molecule is CNc1oc(-c2cccnc2)c(O)c1-c1cccc(Br)c1. The Morgan fingerprint density at radius 3 is 2.67 bits per heavy atom. The molecule has 2 N–H and O–H groups in total. The fraction of sp³-hybridized carbons (Fsp3) is 0.0625. The molecule has 0 radical (unpaired) electrons. The zero-order chi connectivity index (χ0) is 14.8. The Bertz CT molecular complexity index is 769. The number of halogens is 1. The molecule has 0 fully saturated rings. The summed E-state index contributed by atoms with van der Waals surface area (Å²) in [4.78, 5) is 4.05. The average Bonchev–Trinajstić information content (AvgIpc) is 2.85. The van der Waals surface area contributed by atoms with Crippen LogP contribution in [0, 0.1) is 0 Å². The average molecular weight is 345 g/mol. The summed E-state index contributed by atoms with van der Waals surface area (Å²) in [6.07, 6.45) is 3.33. The van der Waals surface area contributed by atoms with E-state index in [0.29, 0.717) is 17.2 Å². The lowest BCUT2D eigenvalue weighted by molar-refractivity contribution is 0.466. The van der Waals surface area contributed by atoms with E-state index in [-0.39, 0.29) is 5.75 Å². The van der Waals surface area contributed by atoms with Gasteiger partial charge in [-0.15, -0.1) is 0 Å². The van der Waals surface area contributed by atoms with E-state index in [2.05, 4.69) is 26.2 Å². The van der Waals surface area contributed by atoms with E-state index in [4.69, 9.17) is 4.42 Å². The zero-order valence-electron chi connectivity index (χ0n) is 11.3. The Hall–Kier alpha value is -2.27. The predicted molar refractivity (Wildman–Crippen MR) is 86.3 cm³/mol. The van der Waals surface area contributed by atoms with Crippen LogP contribution in [0.25, 0.3) is 22.5 Å². The van der Waals surface area contributed by atoms with Crippen LogP contribution in [-0.4, -0.2) is 17.1 Å². The van der Waals surface area contributed by atoms with Crippen molar-refractivity contribution in [1.29, 1.82) is 0 Å². The topological polar surface area (TPSA) is 58.3 Å². The molecule has 2 heterocycles. The number of anilines is 1. The molecule has 106 valence electrons. The lowest BCUT2D eigenvalue weighted by Gasteiger charge is -2.03. The number of nitrogens with one attached hydrogen (secondary N) is 1. The normalized spacial score (nSPS) is 10.6. The minimum absolute atomic E-state index is 0.102. The van der Waals surface area contributed by atoms with Crippen molar-refractivity contribution in [3.63, 3.8) is 0 Å². The predicted octanol–water partition coefficient (Wildman–Crippen LogP) is 4.52. The molecule has 0 aliphatic rings. The summed E-state index contributed by atoms with van der Waals surface area (Å²) in [7, 11) is 1.76. The van der Waals surface area contributed by atoms with Crippen LogP contribution < -0.4 is 5.32 Å². The summed E-state index contributed by atoms with van der Waals surface area (Å²) >= 11 is 3.44. The fourth-order valence-electron chi connectivity index (χ4n) is 2.20. The molecule has 1 aromatic carbocycles. The largest absolute Gasteiger partial charge is 0.504 e. The van der Waals surface area contributed by atoms with Crippen molar-refractivity contribution in [2.75, 3.05) is 12.4 Å². The van der Waals surface area contributed by atoms with Crippen LogP contribution in [0.15, 0.2) is 57.7 Å². The summed E-state index contributed by atoms with van der Waals surface area (Å²) in [6, 6.07) is 11.3. The number of benzene rings is 1. The van der Waals surface area contributed by atoms with Crippen molar-refractivity contribution >= 4 is 21.8 Å². The molecule has 0 bridgehead atoms. The van der Waals surface area contributed by atoms with E-state index in [1.807, 2.05) is 30.3 Å². The van der Waals surface area contributed by atoms with Crippen LogP contribution in [0.2, 0.25) is 0 Å². The van der Waals surface area contributed by atoms with E-state index in [1.165, 1.54) is 0 Å². The van der Waals surface area contributed by atoms with Gasteiger partial charge in [-0.3, -0.25) is 4.98 Å². The first-order valence-corrected chi connectivity index (χ1v) is 7.20. The maximum Gasteiger partial charge on any atom is 0.205 e. The van der Waals surface area contributed by atoms with Gasteiger partial charge in [-0.1, -0.05) is 28.1 Å². The van der Waals surface area contributed by atoms with Gasteiger partial charge in [0, 0.05) is 29.5 Å². The van der Waals surface area contributed by atoms with Crippen molar-refractivity contribution in [2.45, 2.75) is 0 Å². The molecule has 2 aromatic heterocycles. The quantitative estimate of drug-likeness (QED) is 0.733. The van der Waals surface area contributed by atoms with Crippen LogP contribution in [0.1, 0.15) is 0 Å². The molecule has 21 heavy (non-hydrogen) atoms. The Balaban J connectivity index is 2.20. The molecule has 0 unspecified atom stereocenters. The van der Waals surface area contributed by atoms with E-state index in [1.54, 1.807) is 25.5 Å². The third kappa shape index (κ3) is 2.52. The lowest BCUT2D eigenvalue weighted by atomic mass is 10.1. The number of furan rings is 1. The molecule has 0 spiro atoms. The molecule has 5 heteroatoms. The van der Waals surface area contributed by atoms with Gasteiger partial charge in [-0.2, -0.15) is 0 Å². The van der Waals surface area contributed by atoms with Crippen molar-refractivity contribution in [3.05, 3.63) is 53.3 Å². The van der Waals surface area contributed by atoms with E-state index in [9.17, 15) is 5.11 Å². The van der Waals surface area contributed by atoms with Crippen LogP contribution in [0.3, 0.4) is 0 Å². The molecule has 0 saturated carbocycles. The van der Waals surface area contributed by atoms with E-state index < -0.39 is 0 Å². The van der Waals surface area contributed by atoms with Crippen LogP contribution in [0.5, 0.6) is 5.75 Å². The van der Waals surface area contributed by atoms with Crippen molar-refractivity contribution in [2.24, 2.45) is 0 Å². The minimum atomic E-state index is 0.102. The monoisotopic (exact) mass is 344 g/mol. The number of aromatic nitrogens is 1. The second kappa shape index (κ2) is 5.61. The highest BCUT2D eigenvalue weighted by Gasteiger charge is 2.22. The Labute approximate surface area is 130 Å². The fourth-order valence-corrected chi connectivity index (χ4v) is 2.60. The van der Waals surface area contributed by atoms with E-state index >= 15 is 0 Å². The first-order valence-electron chi connectivity index (χ1n) is 6.40. The highest BCUT2D eigenvalue weighted by atomic mass is 79.9. The Morgan fingerprint density at radius 2 is 2.00 bits per heavy atom. The van der Waals surface area contributed by atoms with Gasteiger partial charge >= 0.3 is 0 Å². The molecule has 0 amide bonds. The number of pyridine rings is 1. The molecule has 0 atom stereocenters. The van der Waals surface area contributed by atoms with Gasteiger partial charge in [-0.05, 0) is 29.8 Å². The van der Waals surface area contributed by atoms with Gasteiger partial charge in [0.05, 0.1) is 5.56 Å². The summed E-state index contributed by atoms with van der Waals surface area (Å²) in [5.74, 6) is 1.03. The smallest absolute Gasteiger partial charge is 0.205 e. The van der Waals surface area contributed by atoms with Gasteiger partial charge in [0.15, 0.2) is 11.5 Å². The summed E-state index contributed by atoms with van der Waals surface area (Å²) < 4.78 is 6.69. The van der Waals surface area contributed by atoms with Gasteiger partial charge in [-0.25, -0.2) is 0 Å². The summed E-state index contributed by atoms with van der Waals surface area (Å²) in [6.45, 7) is 0. The van der Waals surface area contributed by atoms with E-state index in [0.717, 1.165) is 15.6 Å². The molecule has 0 aliphatic heterocycles.